The van der Waals surface area contributed by atoms with Crippen molar-refractivity contribution in [3.8, 4) is 22.6 Å². The largest absolute Gasteiger partial charge is 0.490 e. The molecule has 0 radical (unpaired) electrons. The van der Waals surface area contributed by atoms with Gasteiger partial charge in [0.05, 0.1) is 13.2 Å². The lowest BCUT2D eigenvalue weighted by Gasteiger charge is -2.33. The third-order valence-corrected chi connectivity index (χ3v) is 7.40. The highest BCUT2D eigenvalue weighted by atomic mass is 16.6. The van der Waals surface area contributed by atoms with Crippen molar-refractivity contribution in [2.24, 2.45) is 0 Å². The van der Waals surface area contributed by atoms with Gasteiger partial charge in [0.2, 0.25) is 0 Å². The third-order valence-electron chi connectivity index (χ3n) is 7.40. The maximum absolute atomic E-state index is 6.72. The van der Waals surface area contributed by atoms with Crippen LogP contribution in [-0.4, -0.2) is 38.6 Å². The van der Waals surface area contributed by atoms with Crippen LogP contribution >= 0.6 is 0 Å². The van der Waals surface area contributed by atoms with Crippen molar-refractivity contribution in [1.82, 2.24) is 0 Å². The molecule has 2 fully saturated rings. The molecule has 2 saturated heterocycles. The standard InChI is InChI=1S/C34H50O4/c1-31(2,3)22-13-21(14-23(15-22)32(4,5)6)26-16-27(33(7,8)9)30(38-20-25-18-36-25)28(34(10,11)12)29(26)37-19-24-17-35-24/h13-16,24-25H,17-20H2,1-12H3. The van der Waals surface area contributed by atoms with Gasteiger partial charge >= 0.3 is 0 Å². The van der Waals surface area contributed by atoms with E-state index in [0.29, 0.717) is 13.2 Å². The summed E-state index contributed by atoms with van der Waals surface area (Å²) in [7, 11) is 0. The van der Waals surface area contributed by atoms with Crippen molar-refractivity contribution in [3.63, 3.8) is 0 Å². The molecule has 4 nitrogen and oxygen atoms in total. The average molecular weight is 523 g/mol. The zero-order chi connectivity index (χ0) is 28.3. The number of ether oxygens (including phenoxy) is 4. The van der Waals surface area contributed by atoms with Gasteiger partial charge in [0.25, 0.3) is 0 Å². The second-order valence-corrected chi connectivity index (χ2v) is 15.3. The molecular weight excluding hydrogens is 472 g/mol. The van der Waals surface area contributed by atoms with E-state index < -0.39 is 0 Å². The van der Waals surface area contributed by atoms with Crippen molar-refractivity contribution in [2.75, 3.05) is 26.4 Å². The summed E-state index contributed by atoms with van der Waals surface area (Å²) in [5.74, 6) is 1.86. The fraction of sp³-hybridized carbons (Fsp3) is 0.647. The molecule has 4 rings (SSSR count). The zero-order valence-electron chi connectivity index (χ0n) is 25.9. The monoisotopic (exact) mass is 522 g/mol. The van der Waals surface area contributed by atoms with E-state index in [2.05, 4.69) is 107 Å². The van der Waals surface area contributed by atoms with Gasteiger partial charge in [0.15, 0.2) is 0 Å². The van der Waals surface area contributed by atoms with Crippen molar-refractivity contribution in [3.05, 3.63) is 46.5 Å². The van der Waals surface area contributed by atoms with Crippen LogP contribution in [0.1, 0.15) is 105 Å². The number of hydrogen-bond donors (Lipinski definition) is 0. The van der Waals surface area contributed by atoms with Crippen LogP contribution in [0.25, 0.3) is 11.1 Å². The Hall–Kier alpha value is -2.04. The molecule has 0 spiro atoms. The second-order valence-electron chi connectivity index (χ2n) is 15.3. The lowest BCUT2D eigenvalue weighted by molar-refractivity contribution is 0.240. The minimum Gasteiger partial charge on any atom is -0.490 e. The molecule has 0 saturated carbocycles. The van der Waals surface area contributed by atoms with Crippen LogP contribution in [-0.2, 0) is 31.1 Å². The minimum atomic E-state index is -0.204. The van der Waals surface area contributed by atoms with Crippen LogP contribution in [0.3, 0.4) is 0 Å². The summed E-state index contributed by atoms with van der Waals surface area (Å²) >= 11 is 0. The van der Waals surface area contributed by atoms with Gasteiger partial charge in [-0.1, -0.05) is 101 Å². The van der Waals surface area contributed by atoms with Crippen LogP contribution in [0, 0.1) is 0 Å². The van der Waals surface area contributed by atoms with E-state index in [1.54, 1.807) is 0 Å². The summed E-state index contributed by atoms with van der Waals surface area (Å²) in [6, 6.07) is 9.44. The van der Waals surface area contributed by atoms with Gasteiger partial charge in [-0.25, -0.2) is 0 Å². The zero-order valence-corrected chi connectivity index (χ0v) is 25.9. The number of epoxide rings is 2. The molecule has 0 amide bonds. The Morgan fingerprint density at radius 2 is 1.05 bits per heavy atom. The molecule has 2 unspecified atom stereocenters. The first-order valence-corrected chi connectivity index (χ1v) is 14.2. The molecule has 0 aromatic heterocycles. The van der Waals surface area contributed by atoms with E-state index in [9.17, 15) is 0 Å². The quantitative estimate of drug-likeness (QED) is 0.345. The molecule has 2 aliphatic heterocycles. The van der Waals surface area contributed by atoms with Crippen molar-refractivity contribution in [1.29, 1.82) is 0 Å². The molecule has 0 aliphatic carbocycles. The SMILES string of the molecule is CC(C)(C)c1cc(-c2cc(C(C)(C)C)c(OCC3CO3)c(C(C)(C)C)c2OCC2CO2)cc(C(C)(C)C)c1. The predicted octanol–water partition coefficient (Wildman–Crippen LogP) is 8.10. The predicted molar refractivity (Wildman–Crippen MR) is 157 cm³/mol. The second kappa shape index (κ2) is 9.86. The number of benzene rings is 2. The fourth-order valence-corrected chi connectivity index (χ4v) is 4.73. The first kappa shape index (κ1) is 29.0. The van der Waals surface area contributed by atoms with Gasteiger partial charge in [-0.05, 0) is 44.4 Å². The normalized spacial score (nSPS) is 19.9. The molecule has 2 heterocycles. The summed E-state index contributed by atoms with van der Waals surface area (Å²) in [4.78, 5) is 0. The Balaban J connectivity index is 2.04. The Morgan fingerprint density at radius 3 is 1.42 bits per heavy atom. The van der Waals surface area contributed by atoms with E-state index >= 15 is 0 Å². The van der Waals surface area contributed by atoms with Crippen LogP contribution in [0.15, 0.2) is 24.3 Å². The highest BCUT2D eigenvalue weighted by Crippen LogP contribution is 2.51. The van der Waals surface area contributed by atoms with Gasteiger partial charge < -0.3 is 18.9 Å². The topological polar surface area (TPSA) is 43.5 Å². The summed E-state index contributed by atoms with van der Waals surface area (Å²) < 4.78 is 24.4. The molecule has 0 N–H and O–H groups in total. The van der Waals surface area contributed by atoms with Gasteiger partial charge in [-0.2, -0.15) is 0 Å². The minimum absolute atomic E-state index is 0.0198. The summed E-state index contributed by atoms with van der Waals surface area (Å²) in [6.07, 6.45) is 0.339. The Morgan fingerprint density at radius 1 is 0.605 bits per heavy atom. The van der Waals surface area contributed by atoms with Crippen LogP contribution in [0.4, 0.5) is 0 Å². The van der Waals surface area contributed by atoms with E-state index in [4.69, 9.17) is 18.9 Å². The molecule has 2 atom stereocenters. The maximum atomic E-state index is 6.72. The fourth-order valence-electron chi connectivity index (χ4n) is 4.73. The van der Waals surface area contributed by atoms with E-state index in [0.717, 1.165) is 35.8 Å². The van der Waals surface area contributed by atoms with Crippen molar-refractivity contribution in [2.45, 2.75) is 117 Å². The molecular formula is C34H50O4. The third kappa shape index (κ3) is 6.74. The Bertz CT molecular complexity index is 1130. The van der Waals surface area contributed by atoms with Gasteiger partial charge in [0, 0.05) is 16.7 Å². The molecule has 38 heavy (non-hydrogen) atoms. The maximum Gasteiger partial charge on any atom is 0.134 e. The average Bonchev–Trinajstić information content (AvgIpc) is 3.67. The number of hydrogen-bond acceptors (Lipinski definition) is 4. The van der Waals surface area contributed by atoms with Gasteiger partial charge in [-0.3, -0.25) is 0 Å². The molecule has 2 aliphatic rings. The van der Waals surface area contributed by atoms with Crippen LogP contribution in [0.5, 0.6) is 11.5 Å². The summed E-state index contributed by atoms with van der Waals surface area (Å²) in [6.45, 7) is 29.9. The first-order chi connectivity index (χ1) is 17.4. The van der Waals surface area contributed by atoms with Gasteiger partial charge in [0.1, 0.15) is 36.9 Å². The first-order valence-electron chi connectivity index (χ1n) is 14.2. The van der Waals surface area contributed by atoms with Gasteiger partial charge in [-0.15, -0.1) is 0 Å². The lowest BCUT2D eigenvalue weighted by atomic mass is 9.75. The molecule has 4 heteroatoms. The smallest absolute Gasteiger partial charge is 0.134 e. The van der Waals surface area contributed by atoms with E-state index in [1.165, 1.54) is 22.3 Å². The Labute approximate surface area is 231 Å². The highest BCUT2D eigenvalue weighted by molar-refractivity contribution is 5.78. The molecule has 0 bridgehead atoms. The molecule has 2 aromatic carbocycles. The molecule has 210 valence electrons. The van der Waals surface area contributed by atoms with Crippen LogP contribution < -0.4 is 9.47 Å². The van der Waals surface area contributed by atoms with Crippen LogP contribution in [0.2, 0.25) is 0 Å². The van der Waals surface area contributed by atoms with E-state index in [1.807, 2.05) is 0 Å². The summed E-state index contributed by atoms with van der Waals surface area (Å²) in [5, 5.41) is 0. The lowest BCUT2D eigenvalue weighted by Crippen LogP contribution is -2.23. The van der Waals surface area contributed by atoms with Crippen molar-refractivity contribution >= 4 is 0 Å². The highest BCUT2D eigenvalue weighted by Gasteiger charge is 2.36. The summed E-state index contributed by atoms with van der Waals surface area (Å²) in [5.41, 5.74) is 7.03. The van der Waals surface area contributed by atoms with Crippen molar-refractivity contribution < 1.29 is 18.9 Å². The number of rotatable bonds is 7. The Kier molecular flexibility index (Phi) is 7.51. The molecule has 2 aromatic rings. The van der Waals surface area contributed by atoms with E-state index in [-0.39, 0.29) is 33.9 Å².